The molecule has 0 fully saturated rings. The maximum atomic E-state index is 12.5. The van der Waals surface area contributed by atoms with E-state index in [1.54, 1.807) is 13.4 Å². The lowest BCUT2D eigenvalue weighted by atomic mass is 10.2. The minimum absolute atomic E-state index is 0.240. The van der Waals surface area contributed by atoms with Gasteiger partial charge in [0.15, 0.2) is 11.2 Å². The Hall–Kier alpha value is -2.11. The number of aryl methyl sites for hydroxylation is 2. The Labute approximate surface area is 123 Å². The van der Waals surface area contributed by atoms with E-state index >= 15 is 0 Å². The van der Waals surface area contributed by atoms with E-state index in [1.165, 1.54) is 9.13 Å². The third-order valence-electron chi connectivity index (χ3n) is 3.61. The second-order valence-corrected chi connectivity index (χ2v) is 5.19. The highest BCUT2D eigenvalue weighted by molar-refractivity contribution is 5.69. The summed E-state index contributed by atoms with van der Waals surface area (Å²) in [6.07, 6.45) is 7.23. The minimum Gasteiger partial charge on any atom is -0.325 e. The van der Waals surface area contributed by atoms with Gasteiger partial charge in [-0.2, -0.15) is 0 Å². The number of imidazole rings is 1. The number of fused-ring (bicyclic) bond motifs is 1. The van der Waals surface area contributed by atoms with Crippen molar-refractivity contribution in [3.63, 3.8) is 0 Å². The Bertz CT molecular complexity index is 751. The van der Waals surface area contributed by atoms with Crippen LogP contribution in [0.5, 0.6) is 0 Å². The largest absolute Gasteiger partial charge is 0.332 e. The molecule has 0 N–H and O–H groups in total. The molecule has 6 heteroatoms. The summed E-state index contributed by atoms with van der Waals surface area (Å²) in [5, 5.41) is 0. The van der Waals surface area contributed by atoms with E-state index in [-0.39, 0.29) is 11.2 Å². The molecule has 0 spiro atoms. The van der Waals surface area contributed by atoms with Crippen LogP contribution in [0, 0.1) is 0 Å². The average molecular weight is 290 g/mol. The highest BCUT2D eigenvalue weighted by atomic mass is 16.2. The molecule has 0 aromatic carbocycles. The van der Waals surface area contributed by atoms with E-state index < -0.39 is 0 Å². The highest BCUT2D eigenvalue weighted by Crippen LogP contribution is 2.08. The summed E-state index contributed by atoms with van der Waals surface area (Å²) in [7, 11) is 1.66. The van der Waals surface area contributed by atoms with Gasteiger partial charge in [-0.1, -0.05) is 13.0 Å². The number of allylic oxidation sites excluding steroid dienone is 1. The fourth-order valence-corrected chi connectivity index (χ4v) is 2.48. The molecular formula is C15H22N4O2. The molecule has 0 aliphatic heterocycles. The van der Waals surface area contributed by atoms with E-state index in [0.29, 0.717) is 17.7 Å². The lowest BCUT2D eigenvalue weighted by molar-refractivity contribution is 0.584. The van der Waals surface area contributed by atoms with Gasteiger partial charge >= 0.3 is 5.69 Å². The Morgan fingerprint density at radius 3 is 2.71 bits per heavy atom. The van der Waals surface area contributed by atoms with Crippen LogP contribution in [0.1, 0.15) is 32.6 Å². The lowest BCUT2D eigenvalue weighted by Gasteiger charge is -2.08. The van der Waals surface area contributed by atoms with E-state index in [9.17, 15) is 9.59 Å². The van der Waals surface area contributed by atoms with E-state index in [0.717, 1.165) is 32.2 Å². The number of rotatable bonds is 7. The van der Waals surface area contributed by atoms with E-state index in [1.807, 2.05) is 17.6 Å². The zero-order chi connectivity index (χ0) is 15.4. The van der Waals surface area contributed by atoms with Gasteiger partial charge in [-0.05, 0) is 25.7 Å². The van der Waals surface area contributed by atoms with Crippen LogP contribution < -0.4 is 11.2 Å². The van der Waals surface area contributed by atoms with Crippen molar-refractivity contribution in [2.45, 2.75) is 45.7 Å². The molecule has 0 saturated heterocycles. The summed E-state index contributed by atoms with van der Waals surface area (Å²) in [4.78, 5) is 28.9. The fraction of sp³-hybridized carbons (Fsp3) is 0.533. The van der Waals surface area contributed by atoms with Crippen LogP contribution in [0.15, 0.2) is 28.6 Å². The number of unbranched alkanes of at least 4 members (excludes halogenated alkanes) is 2. The maximum Gasteiger partial charge on any atom is 0.332 e. The van der Waals surface area contributed by atoms with Crippen LogP contribution in [0.2, 0.25) is 0 Å². The van der Waals surface area contributed by atoms with E-state index in [2.05, 4.69) is 11.6 Å². The molecule has 0 saturated carbocycles. The zero-order valence-corrected chi connectivity index (χ0v) is 12.7. The van der Waals surface area contributed by atoms with Crippen molar-refractivity contribution in [3.05, 3.63) is 39.8 Å². The summed E-state index contributed by atoms with van der Waals surface area (Å²) < 4.78 is 4.60. The Kier molecular flexibility index (Phi) is 4.77. The molecule has 0 atom stereocenters. The summed E-state index contributed by atoms with van der Waals surface area (Å²) in [5.74, 6) is 0. The first-order valence-corrected chi connectivity index (χ1v) is 7.37. The second kappa shape index (κ2) is 6.56. The third kappa shape index (κ3) is 2.84. The van der Waals surface area contributed by atoms with Gasteiger partial charge in [-0.25, -0.2) is 9.78 Å². The molecule has 114 valence electrons. The zero-order valence-electron chi connectivity index (χ0n) is 12.7. The van der Waals surface area contributed by atoms with Gasteiger partial charge < -0.3 is 4.57 Å². The van der Waals surface area contributed by atoms with Crippen molar-refractivity contribution < 1.29 is 0 Å². The molecule has 21 heavy (non-hydrogen) atoms. The van der Waals surface area contributed by atoms with Crippen molar-refractivity contribution in [2.24, 2.45) is 7.05 Å². The first-order valence-electron chi connectivity index (χ1n) is 7.37. The van der Waals surface area contributed by atoms with Crippen LogP contribution in [0.4, 0.5) is 0 Å². The van der Waals surface area contributed by atoms with Crippen molar-refractivity contribution in [1.82, 2.24) is 18.7 Å². The van der Waals surface area contributed by atoms with Crippen LogP contribution in [0.25, 0.3) is 11.2 Å². The molecule has 6 nitrogen and oxygen atoms in total. The average Bonchev–Trinajstić information content (AvgIpc) is 2.90. The third-order valence-corrected chi connectivity index (χ3v) is 3.61. The Morgan fingerprint density at radius 1 is 1.29 bits per heavy atom. The SMILES string of the molecule is C=CCCCCn1cnc2c1c(=O)n(CCC)c(=O)n2C. The molecule has 0 bridgehead atoms. The Balaban J connectivity index is 2.48. The first-order chi connectivity index (χ1) is 10.1. The van der Waals surface area contributed by atoms with Gasteiger partial charge in [0.1, 0.15) is 0 Å². The summed E-state index contributed by atoms with van der Waals surface area (Å²) in [6.45, 7) is 6.81. The predicted molar refractivity (Wildman–Crippen MR) is 83.6 cm³/mol. The van der Waals surface area contributed by atoms with Gasteiger partial charge in [0.2, 0.25) is 0 Å². The molecular weight excluding hydrogens is 268 g/mol. The van der Waals surface area contributed by atoms with Crippen LogP contribution in [0.3, 0.4) is 0 Å². The summed E-state index contributed by atoms with van der Waals surface area (Å²) in [6, 6.07) is 0. The molecule has 0 amide bonds. The highest BCUT2D eigenvalue weighted by Gasteiger charge is 2.15. The molecule has 0 radical (unpaired) electrons. The molecule has 0 unspecified atom stereocenters. The smallest absolute Gasteiger partial charge is 0.325 e. The van der Waals surface area contributed by atoms with Gasteiger partial charge in [-0.15, -0.1) is 6.58 Å². The predicted octanol–water partition coefficient (Wildman–Crippen LogP) is 1.66. The van der Waals surface area contributed by atoms with Crippen LogP contribution >= 0.6 is 0 Å². The van der Waals surface area contributed by atoms with Crippen LogP contribution in [-0.2, 0) is 20.1 Å². The summed E-state index contributed by atoms with van der Waals surface area (Å²) in [5.41, 5.74) is 0.438. The molecule has 2 heterocycles. The second-order valence-electron chi connectivity index (χ2n) is 5.19. The van der Waals surface area contributed by atoms with Gasteiger partial charge in [0.05, 0.1) is 6.33 Å². The number of hydrogen-bond donors (Lipinski definition) is 0. The molecule has 2 rings (SSSR count). The van der Waals surface area contributed by atoms with Gasteiger partial charge in [0, 0.05) is 20.1 Å². The van der Waals surface area contributed by atoms with Crippen molar-refractivity contribution in [2.75, 3.05) is 0 Å². The molecule has 2 aromatic heterocycles. The number of hydrogen-bond acceptors (Lipinski definition) is 3. The maximum absolute atomic E-state index is 12.5. The number of nitrogens with zero attached hydrogens (tertiary/aromatic N) is 4. The number of aromatic nitrogens is 4. The van der Waals surface area contributed by atoms with Gasteiger partial charge in [-0.3, -0.25) is 13.9 Å². The summed E-state index contributed by atoms with van der Waals surface area (Å²) >= 11 is 0. The minimum atomic E-state index is -0.300. The molecule has 0 aliphatic carbocycles. The lowest BCUT2D eigenvalue weighted by Crippen LogP contribution is -2.39. The van der Waals surface area contributed by atoms with Crippen molar-refractivity contribution in [3.8, 4) is 0 Å². The topological polar surface area (TPSA) is 61.8 Å². The Morgan fingerprint density at radius 2 is 2.05 bits per heavy atom. The molecule has 0 aliphatic rings. The van der Waals surface area contributed by atoms with Crippen molar-refractivity contribution in [1.29, 1.82) is 0 Å². The van der Waals surface area contributed by atoms with Crippen LogP contribution in [-0.4, -0.2) is 18.7 Å². The first kappa shape index (κ1) is 15.3. The normalized spacial score (nSPS) is 11.1. The molecule has 2 aromatic rings. The fourth-order valence-electron chi connectivity index (χ4n) is 2.48. The van der Waals surface area contributed by atoms with E-state index in [4.69, 9.17) is 0 Å². The van der Waals surface area contributed by atoms with Crippen molar-refractivity contribution >= 4 is 11.2 Å². The van der Waals surface area contributed by atoms with Gasteiger partial charge in [0.25, 0.3) is 5.56 Å². The quantitative estimate of drug-likeness (QED) is 0.575. The monoisotopic (exact) mass is 290 g/mol. The standard InChI is InChI=1S/C15H22N4O2/c1-4-6-7-8-10-18-11-16-13-12(18)14(20)19(9-5-2)15(21)17(13)3/h4,11H,1,5-10H2,2-3H3.